The minimum Gasteiger partial charge on any atom is -0.370 e. The highest BCUT2D eigenvalue weighted by Gasteiger charge is 2.22. The van der Waals surface area contributed by atoms with E-state index in [0.717, 1.165) is 38.2 Å². The van der Waals surface area contributed by atoms with E-state index in [4.69, 9.17) is 5.73 Å². The molecule has 1 atom stereocenters. The van der Waals surface area contributed by atoms with Crippen LogP contribution in [0.3, 0.4) is 0 Å². The van der Waals surface area contributed by atoms with Crippen molar-refractivity contribution in [2.24, 2.45) is 10.7 Å². The Labute approximate surface area is 154 Å². The molecule has 2 heterocycles. The van der Waals surface area contributed by atoms with Crippen LogP contribution in [0.1, 0.15) is 36.9 Å². The highest BCUT2D eigenvalue weighted by atomic mass is 127. The number of likely N-dealkylation sites (N-methyl/N-ethyl adjacent to an activating group) is 1. The molecule has 1 unspecified atom stereocenters. The molecule has 1 aliphatic heterocycles. The molecule has 0 saturated carbocycles. The molecule has 7 heteroatoms. The van der Waals surface area contributed by atoms with Gasteiger partial charge in [0, 0.05) is 30.1 Å². The van der Waals surface area contributed by atoms with Gasteiger partial charge in [-0.3, -0.25) is 9.89 Å². The summed E-state index contributed by atoms with van der Waals surface area (Å²) in [4.78, 5) is 11.4. The second kappa shape index (κ2) is 10.4. The molecule has 1 aromatic rings. The normalized spacial score (nSPS) is 19.2. The molecule has 0 amide bonds. The fourth-order valence-corrected chi connectivity index (χ4v) is 3.57. The summed E-state index contributed by atoms with van der Waals surface area (Å²) in [5.41, 5.74) is 7.04. The van der Waals surface area contributed by atoms with Crippen LogP contribution < -0.4 is 11.1 Å². The van der Waals surface area contributed by atoms with Crippen LogP contribution in [0.4, 0.5) is 0 Å². The molecule has 0 radical (unpaired) electrons. The standard InChI is InChI=1S/C15H27N5S.HI/c1-3-20-9-5-6-13(20)10-18-15(16)17-8-4-7-14-19-12(2)11-21-14;/h11,13H,3-10H2,1-2H3,(H3,16,17,18);1H. The summed E-state index contributed by atoms with van der Waals surface area (Å²) in [5, 5.41) is 6.50. The number of nitrogens with zero attached hydrogens (tertiary/aromatic N) is 3. The summed E-state index contributed by atoms with van der Waals surface area (Å²) in [6.07, 6.45) is 4.57. The fraction of sp³-hybridized carbons (Fsp3) is 0.733. The number of aryl methyl sites for hydroxylation is 2. The predicted molar refractivity (Wildman–Crippen MR) is 105 cm³/mol. The third-order valence-corrected chi connectivity index (χ3v) is 4.94. The van der Waals surface area contributed by atoms with Crippen molar-refractivity contribution in [2.45, 2.75) is 45.6 Å². The number of aliphatic imine (C=N–C) groups is 1. The zero-order valence-corrected chi connectivity index (χ0v) is 16.7. The molecule has 0 aromatic carbocycles. The van der Waals surface area contributed by atoms with Gasteiger partial charge >= 0.3 is 0 Å². The lowest BCUT2D eigenvalue weighted by Gasteiger charge is -2.20. The van der Waals surface area contributed by atoms with Gasteiger partial charge < -0.3 is 11.1 Å². The van der Waals surface area contributed by atoms with Crippen molar-refractivity contribution >= 4 is 41.3 Å². The maximum Gasteiger partial charge on any atom is 0.188 e. The summed E-state index contributed by atoms with van der Waals surface area (Å²) in [6, 6.07) is 0.577. The van der Waals surface area contributed by atoms with Crippen molar-refractivity contribution in [3.8, 4) is 0 Å². The molecule has 1 aromatic heterocycles. The van der Waals surface area contributed by atoms with Gasteiger partial charge in [0.2, 0.25) is 0 Å². The molecule has 0 spiro atoms. The topological polar surface area (TPSA) is 66.5 Å². The van der Waals surface area contributed by atoms with Gasteiger partial charge in [-0.05, 0) is 39.3 Å². The SMILES string of the molecule is CCN1CCCC1CN=C(N)NCCCc1nc(C)cs1.I. The number of nitrogens with two attached hydrogens (primary N) is 1. The Morgan fingerprint density at radius 2 is 2.41 bits per heavy atom. The number of thiazole rings is 1. The minimum atomic E-state index is 0. The molecule has 2 rings (SSSR count). The lowest BCUT2D eigenvalue weighted by Crippen LogP contribution is -2.36. The van der Waals surface area contributed by atoms with Crippen LogP contribution in [0, 0.1) is 6.92 Å². The Balaban J connectivity index is 0.00000242. The number of halogens is 1. The lowest BCUT2D eigenvalue weighted by atomic mass is 10.2. The van der Waals surface area contributed by atoms with Crippen molar-refractivity contribution < 1.29 is 0 Å². The van der Waals surface area contributed by atoms with E-state index in [2.05, 4.69) is 32.5 Å². The Hall–Kier alpha value is -0.410. The van der Waals surface area contributed by atoms with Gasteiger partial charge in [-0.15, -0.1) is 35.3 Å². The Morgan fingerprint density at radius 3 is 3.09 bits per heavy atom. The van der Waals surface area contributed by atoms with Crippen molar-refractivity contribution in [2.75, 3.05) is 26.2 Å². The molecule has 1 fully saturated rings. The van der Waals surface area contributed by atoms with Gasteiger partial charge in [0.25, 0.3) is 0 Å². The van der Waals surface area contributed by atoms with E-state index in [1.54, 1.807) is 11.3 Å². The van der Waals surface area contributed by atoms with Gasteiger partial charge in [-0.1, -0.05) is 6.92 Å². The monoisotopic (exact) mass is 437 g/mol. The largest absolute Gasteiger partial charge is 0.370 e. The third kappa shape index (κ3) is 6.37. The summed E-state index contributed by atoms with van der Waals surface area (Å²) in [7, 11) is 0. The first-order chi connectivity index (χ1) is 10.2. The number of likely N-dealkylation sites (tertiary alicyclic amines) is 1. The number of aromatic nitrogens is 1. The first kappa shape index (κ1) is 19.6. The molecular weight excluding hydrogens is 409 g/mol. The Bertz CT molecular complexity index is 463. The average Bonchev–Trinajstić information content (AvgIpc) is 3.09. The van der Waals surface area contributed by atoms with Gasteiger partial charge in [0.05, 0.1) is 11.6 Å². The molecular formula is C15H28IN5S. The molecule has 0 bridgehead atoms. The first-order valence-corrected chi connectivity index (χ1v) is 8.76. The van der Waals surface area contributed by atoms with Crippen molar-refractivity contribution in [1.29, 1.82) is 0 Å². The molecule has 1 aliphatic rings. The van der Waals surface area contributed by atoms with Gasteiger partial charge in [-0.2, -0.15) is 0 Å². The maximum absolute atomic E-state index is 5.93. The Kier molecular flexibility index (Phi) is 9.27. The Morgan fingerprint density at radius 1 is 1.59 bits per heavy atom. The second-order valence-electron chi connectivity index (χ2n) is 5.56. The van der Waals surface area contributed by atoms with Crippen LogP contribution in [-0.2, 0) is 6.42 Å². The van der Waals surface area contributed by atoms with E-state index in [1.165, 1.54) is 24.4 Å². The number of nitrogens with one attached hydrogen (secondary N) is 1. The highest BCUT2D eigenvalue weighted by molar-refractivity contribution is 14.0. The molecule has 126 valence electrons. The summed E-state index contributed by atoms with van der Waals surface area (Å²) >= 11 is 1.73. The number of hydrogen-bond acceptors (Lipinski definition) is 4. The van der Waals surface area contributed by atoms with Crippen LogP contribution in [0.2, 0.25) is 0 Å². The molecule has 1 saturated heterocycles. The van der Waals surface area contributed by atoms with Gasteiger partial charge in [0.15, 0.2) is 5.96 Å². The van der Waals surface area contributed by atoms with Crippen LogP contribution in [0.25, 0.3) is 0 Å². The smallest absolute Gasteiger partial charge is 0.188 e. The zero-order chi connectivity index (χ0) is 15.1. The van der Waals surface area contributed by atoms with Gasteiger partial charge in [-0.25, -0.2) is 4.98 Å². The maximum atomic E-state index is 5.93. The van der Waals surface area contributed by atoms with Crippen LogP contribution in [0.15, 0.2) is 10.4 Å². The number of hydrogen-bond donors (Lipinski definition) is 2. The summed E-state index contributed by atoms with van der Waals surface area (Å²) in [6.45, 7) is 8.24. The predicted octanol–water partition coefficient (Wildman–Crippen LogP) is 2.39. The van der Waals surface area contributed by atoms with E-state index in [9.17, 15) is 0 Å². The highest BCUT2D eigenvalue weighted by Crippen LogP contribution is 2.16. The quantitative estimate of drug-likeness (QED) is 0.298. The van der Waals surface area contributed by atoms with Crippen LogP contribution in [-0.4, -0.2) is 48.1 Å². The molecule has 0 aliphatic carbocycles. The van der Waals surface area contributed by atoms with E-state index in [0.29, 0.717) is 12.0 Å². The van der Waals surface area contributed by atoms with E-state index < -0.39 is 0 Å². The summed E-state index contributed by atoms with van der Waals surface area (Å²) < 4.78 is 0. The van der Waals surface area contributed by atoms with Crippen LogP contribution in [0.5, 0.6) is 0 Å². The zero-order valence-electron chi connectivity index (χ0n) is 13.5. The van der Waals surface area contributed by atoms with E-state index in [-0.39, 0.29) is 24.0 Å². The number of rotatable bonds is 7. The first-order valence-electron chi connectivity index (χ1n) is 7.88. The average molecular weight is 437 g/mol. The minimum absolute atomic E-state index is 0. The fourth-order valence-electron chi connectivity index (χ4n) is 2.75. The van der Waals surface area contributed by atoms with E-state index in [1.807, 2.05) is 6.92 Å². The van der Waals surface area contributed by atoms with Crippen molar-refractivity contribution in [3.63, 3.8) is 0 Å². The van der Waals surface area contributed by atoms with E-state index >= 15 is 0 Å². The van der Waals surface area contributed by atoms with Crippen molar-refractivity contribution in [1.82, 2.24) is 15.2 Å². The lowest BCUT2D eigenvalue weighted by molar-refractivity contribution is 0.273. The molecule has 3 N–H and O–H groups in total. The number of guanidine groups is 1. The van der Waals surface area contributed by atoms with Crippen molar-refractivity contribution in [3.05, 3.63) is 16.1 Å². The second-order valence-corrected chi connectivity index (χ2v) is 6.51. The van der Waals surface area contributed by atoms with Crippen LogP contribution >= 0.6 is 35.3 Å². The van der Waals surface area contributed by atoms with Gasteiger partial charge in [0.1, 0.15) is 0 Å². The third-order valence-electron chi connectivity index (χ3n) is 3.92. The molecule has 22 heavy (non-hydrogen) atoms. The molecule has 5 nitrogen and oxygen atoms in total. The summed E-state index contributed by atoms with van der Waals surface area (Å²) in [5.74, 6) is 0.577.